The number of benzene rings is 1. The van der Waals surface area contributed by atoms with Crippen LogP contribution < -0.4 is 4.74 Å². The zero-order valence-electron chi connectivity index (χ0n) is 23.4. The largest absolute Gasteiger partial charge is 0.476 e. The summed E-state index contributed by atoms with van der Waals surface area (Å²) in [6.07, 6.45) is 2.88. The Labute approximate surface area is 228 Å². The molecule has 9 heteroatoms. The van der Waals surface area contributed by atoms with Crippen LogP contribution in [0.4, 0.5) is 13.2 Å². The van der Waals surface area contributed by atoms with Crippen LogP contribution in [0.15, 0.2) is 30.0 Å². The van der Waals surface area contributed by atoms with Crippen LogP contribution in [0.2, 0.25) is 0 Å². The van der Waals surface area contributed by atoms with E-state index >= 15 is 4.39 Å². The minimum absolute atomic E-state index is 0.0458. The van der Waals surface area contributed by atoms with Gasteiger partial charge in [-0.25, -0.2) is 13.8 Å². The lowest BCUT2D eigenvalue weighted by molar-refractivity contribution is -0.145. The summed E-state index contributed by atoms with van der Waals surface area (Å²) in [6.45, 7) is 7.18. The van der Waals surface area contributed by atoms with Gasteiger partial charge in [-0.2, -0.15) is 0 Å². The second-order valence-electron chi connectivity index (χ2n) is 10.7. The summed E-state index contributed by atoms with van der Waals surface area (Å²) in [4.78, 5) is 20.7. The van der Waals surface area contributed by atoms with Gasteiger partial charge in [0.2, 0.25) is 5.88 Å². The second kappa shape index (κ2) is 12.5. The van der Waals surface area contributed by atoms with E-state index in [0.29, 0.717) is 62.5 Å². The number of rotatable bonds is 11. The van der Waals surface area contributed by atoms with Gasteiger partial charge < -0.3 is 14.4 Å². The van der Waals surface area contributed by atoms with E-state index in [9.17, 15) is 13.6 Å². The third-order valence-electron chi connectivity index (χ3n) is 7.92. The van der Waals surface area contributed by atoms with Gasteiger partial charge in [0.05, 0.1) is 31.9 Å². The average molecular weight is 546 g/mol. The standard InChI is InChI=1S/C30H38F3N3O3/c1-18(30(37)38-5)17-36-19(2)13-24-23-15-22(32)8-7-21(23)14-25(24)28(36)27-20(3)29(34-16-26(27)33)39-12-11-35(4)10-6-9-31/h7-8,15-16,18-19,28H,6,9-14,17H2,1-5H3/t18-,19-,28+/m1/s1. The number of likely N-dealkylation sites (N-methyl/N-ethyl adjacent to an activating group) is 1. The van der Waals surface area contributed by atoms with E-state index in [2.05, 4.69) is 16.8 Å². The minimum atomic E-state index is -0.483. The molecule has 6 nitrogen and oxygen atoms in total. The topological polar surface area (TPSA) is 54.9 Å². The first-order valence-corrected chi connectivity index (χ1v) is 13.5. The second-order valence-corrected chi connectivity index (χ2v) is 10.7. The first-order valence-electron chi connectivity index (χ1n) is 13.5. The van der Waals surface area contributed by atoms with Crippen LogP contribution >= 0.6 is 0 Å². The van der Waals surface area contributed by atoms with Gasteiger partial charge in [0.1, 0.15) is 18.2 Å². The molecule has 0 amide bonds. The molecule has 2 aromatic rings. The normalized spacial score (nSPS) is 19.7. The molecule has 4 rings (SSSR count). The summed E-state index contributed by atoms with van der Waals surface area (Å²) < 4.78 is 53.5. The average Bonchev–Trinajstić information content (AvgIpc) is 3.26. The molecule has 1 aliphatic heterocycles. The number of hydrogen-bond donors (Lipinski definition) is 0. The number of nitrogens with zero attached hydrogens (tertiary/aromatic N) is 3. The highest BCUT2D eigenvalue weighted by atomic mass is 19.1. The molecule has 1 aliphatic carbocycles. The monoisotopic (exact) mass is 545 g/mol. The molecule has 0 unspecified atom stereocenters. The van der Waals surface area contributed by atoms with Crippen molar-refractivity contribution >= 4 is 11.5 Å². The Morgan fingerprint density at radius 3 is 2.77 bits per heavy atom. The molecule has 1 aromatic heterocycles. The number of methoxy groups -OCH3 is 1. The highest BCUT2D eigenvalue weighted by Crippen LogP contribution is 2.50. The Bertz CT molecular complexity index is 1240. The molecular weight excluding hydrogens is 507 g/mol. The summed E-state index contributed by atoms with van der Waals surface area (Å²) in [7, 11) is 3.26. The van der Waals surface area contributed by atoms with E-state index < -0.39 is 17.8 Å². The summed E-state index contributed by atoms with van der Waals surface area (Å²) in [5.41, 5.74) is 4.98. The molecule has 0 radical (unpaired) electrons. The number of esters is 1. The van der Waals surface area contributed by atoms with E-state index in [-0.39, 0.29) is 24.5 Å². The number of carbonyl (C=O) groups is 1. The number of aromatic nitrogens is 1. The number of pyridine rings is 1. The first-order chi connectivity index (χ1) is 18.7. The molecular formula is C30H38F3N3O3. The van der Waals surface area contributed by atoms with E-state index in [1.54, 1.807) is 19.1 Å². The Balaban J connectivity index is 1.73. The zero-order chi connectivity index (χ0) is 28.3. The van der Waals surface area contributed by atoms with Crippen LogP contribution in [-0.2, 0) is 16.0 Å². The summed E-state index contributed by atoms with van der Waals surface area (Å²) in [6, 6.07) is 4.30. The molecule has 0 N–H and O–H groups in total. The molecule has 0 bridgehead atoms. The van der Waals surface area contributed by atoms with Gasteiger partial charge in [0, 0.05) is 36.8 Å². The Morgan fingerprint density at radius 2 is 2.05 bits per heavy atom. The number of halogens is 3. The Kier molecular flexibility index (Phi) is 9.33. The summed E-state index contributed by atoms with van der Waals surface area (Å²) in [5.74, 6) is -1.17. The van der Waals surface area contributed by atoms with E-state index in [0.717, 1.165) is 22.3 Å². The van der Waals surface area contributed by atoms with Crippen molar-refractivity contribution in [3.8, 4) is 5.88 Å². The van der Waals surface area contributed by atoms with E-state index in [4.69, 9.17) is 9.47 Å². The quantitative estimate of drug-likeness (QED) is 0.358. The van der Waals surface area contributed by atoms with Gasteiger partial charge in [-0.1, -0.05) is 13.0 Å². The smallest absolute Gasteiger partial charge is 0.309 e. The molecule has 2 heterocycles. The lowest BCUT2D eigenvalue weighted by atomic mass is 9.83. The van der Waals surface area contributed by atoms with Crippen molar-refractivity contribution < 1.29 is 27.4 Å². The van der Waals surface area contributed by atoms with Crippen molar-refractivity contribution in [3.63, 3.8) is 0 Å². The van der Waals surface area contributed by atoms with Gasteiger partial charge in [-0.15, -0.1) is 0 Å². The van der Waals surface area contributed by atoms with Crippen LogP contribution in [0.5, 0.6) is 5.88 Å². The fraction of sp³-hybridized carbons (Fsp3) is 0.533. The molecule has 0 saturated carbocycles. The van der Waals surface area contributed by atoms with Crippen LogP contribution in [0.1, 0.15) is 55.0 Å². The molecule has 3 atom stereocenters. The summed E-state index contributed by atoms with van der Waals surface area (Å²) in [5, 5.41) is 0. The fourth-order valence-electron chi connectivity index (χ4n) is 5.85. The molecule has 39 heavy (non-hydrogen) atoms. The van der Waals surface area contributed by atoms with E-state index in [1.165, 1.54) is 19.4 Å². The van der Waals surface area contributed by atoms with Gasteiger partial charge in [-0.3, -0.25) is 14.1 Å². The SMILES string of the molecule is COC(=O)[C@H](C)CN1[C@H](C)CC2=C(Cc3ccc(F)cc32)[C@H]1c1c(F)cnc(OCCN(C)CCCF)c1C. The van der Waals surface area contributed by atoms with Crippen molar-refractivity contribution in [1.29, 1.82) is 0 Å². The number of carbonyl (C=O) groups excluding carboxylic acids is 1. The number of ether oxygens (including phenoxy) is 2. The molecule has 212 valence electrons. The maximum absolute atomic E-state index is 15.8. The lowest BCUT2D eigenvalue weighted by Crippen LogP contribution is -2.45. The predicted octanol–water partition coefficient (Wildman–Crippen LogP) is 5.29. The van der Waals surface area contributed by atoms with Crippen molar-refractivity contribution in [2.24, 2.45) is 5.92 Å². The van der Waals surface area contributed by atoms with Gasteiger partial charge in [-0.05, 0) is 74.6 Å². The van der Waals surface area contributed by atoms with Crippen molar-refractivity contribution in [1.82, 2.24) is 14.8 Å². The molecule has 0 spiro atoms. The Morgan fingerprint density at radius 1 is 1.28 bits per heavy atom. The zero-order valence-corrected chi connectivity index (χ0v) is 23.4. The van der Waals surface area contributed by atoms with Gasteiger partial charge in [0.25, 0.3) is 0 Å². The van der Waals surface area contributed by atoms with Crippen LogP contribution in [-0.4, -0.2) is 73.9 Å². The Hall–Kier alpha value is -2.91. The maximum atomic E-state index is 15.8. The number of hydrogen-bond acceptors (Lipinski definition) is 6. The highest BCUT2D eigenvalue weighted by Gasteiger charge is 2.42. The third-order valence-corrected chi connectivity index (χ3v) is 7.92. The van der Waals surface area contributed by atoms with Crippen molar-refractivity contribution in [2.75, 3.05) is 47.1 Å². The molecule has 0 fully saturated rings. The van der Waals surface area contributed by atoms with Crippen molar-refractivity contribution in [3.05, 3.63) is 63.9 Å². The third kappa shape index (κ3) is 6.14. The minimum Gasteiger partial charge on any atom is -0.476 e. The number of fused-ring (bicyclic) bond motifs is 2. The fourth-order valence-corrected chi connectivity index (χ4v) is 5.85. The highest BCUT2D eigenvalue weighted by molar-refractivity contribution is 5.79. The molecule has 0 saturated heterocycles. The van der Waals surface area contributed by atoms with E-state index in [1.807, 2.05) is 18.9 Å². The first kappa shape index (κ1) is 29.1. The van der Waals surface area contributed by atoms with Gasteiger partial charge >= 0.3 is 5.97 Å². The van der Waals surface area contributed by atoms with Gasteiger partial charge in [0.15, 0.2) is 0 Å². The van der Waals surface area contributed by atoms with Crippen LogP contribution in [0.3, 0.4) is 0 Å². The van der Waals surface area contributed by atoms with Crippen molar-refractivity contribution in [2.45, 2.75) is 52.1 Å². The van der Waals surface area contributed by atoms with Crippen LogP contribution in [0.25, 0.3) is 5.57 Å². The molecule has 1 aromatic carbocycles. The predicted molar refractivity (Wildman–Crippen MR) is 144 cm³/mol. The van der Waals surface area contributed by atoms with Crippen LogP contribution in [0, 0.1) is 24.5 Å². The summed E-state index contributed by atoms with van der Waals surface area (Å²) >= 11 is 0. The lowest BCUT2D eigenvalue weighted by Gasteiger charge is -2.43. The maximum Gasteiger partial charge on any atom is 0.309 e. The number of alkyl halides is 1. The molecule has 2 aliphatic rings.